The van der Waals surface area contributed by atoms with E-state index in [9.17, 15) is 9.59 Å². The van der Waals surface area contributed by atoms with Gasteiger partial charge in [-0.1, -0.05) is 0 Å². The number of nitrogens with one attached hydrogen (secondary N) is 2. The van der Waals surface area contributed by atoms with Crippen LogP contribution in [0.4, 0.5) is 5.82 Å². The van der Waals surface area contributed by atoms with Crippen LogP contribution in [0.25, 0.3) is 0 Å². The summed E-state index contributed by atoms with van der Waals surface area (Å²) < 4.78 is 0. The van der Waals surface area contributed by atoms with Crippen molar-refractivity contribution >= 4 is 17.6 Å². The fourth-order valence-electron chi connectivity index (χ4n) is 1.71. The molecule has 0 aliphatic carbocycles. The van der Waals surface area contributed by atoms with Crippen LogP contribution in [0.2, 0.25) is 0 Å². The number of anilines is 1. The van der Waals surface area contributed by atoms with Gasteiger partial charge in [0.15, 0.2) is 5.69 Å². The van der Waals surface area contributed by atoms with Gasteiger partial charge in [0, 0.05) is 33.1 Å². The molecule has 0 atom stereocenters. The molecule has 18 heavy (non-hydrogen) atoms. The molecule has 2 heterocycles. The Balaban J connectivity index is 2.07. The van der Waals surface area contributed by atoms with E-state index in [1.165, 1.54) is 0 Å². The van der Waals surface area contributed by atoms with Crippen molar-refractivity contribution in [2.24, 2.45) is 0 Å². The zero-order chi connectivity index (χ0) is 13.0. The second-order valence-corrected chi connectivity index (χ2v) is 3.95. The minimum atomic E-state index is -0.193. The highest BCUT2D eigenvalue weighted by Gasteiger charge is 2.20. The van der Waals surface area contributed by atoms with Gasteiger partial charge >= 0.3 is 0 Å². The lowest BCUT2D eigenvalue weighted by Crippen LogP contribution is -2.34. The van der Waals surface area contributed by atoms with Gasteiger partial charge in [0.2, 0.25) is 5.91 Å². The molecule has 1 saturated heterocycles. The van der Waals surface area contributed by atoms with E-state index in [2.05, 4.69) is 20.8 Å². The molecule has 2 N–H and O–H groups in total. The Morgan fingerprint density at radius 3 is 2.89 bits per heavy atom. The molecule has 1 aliphatic rings. The molecule has 1 aromatic heterocycles. The molecule has 0 saturated carbocycles. The molecule has 0 spiro atoms. The van der Waals surface area contributed by atoms with Gasteiger partial charge in [-0.2, -0.15) is 0 Å². The van der Waals surface area contributed by atoms with Gasteiger partial charge in [0.25, 0.3) is 5.91 Å². The van der Waals surface area contributed by atoms with Crippen LogP contribution in [0, 0.1) is 0 Å². The van der Waals surface area contributed by atoms with Crippen LogP contribution in [-0.4, -0.2) is 53.6 Å². The third-order valence-corrected chi connectivity index (χ3v) is 2.74. The highest BCUT2D eigenvalue weighted by Crippen LogP contribution is 2.06. The smallest absolute Gasteiger partial charge is 0.274 e. The van der Waals surface area contributed by atoms with E-state index in [4.69, 9.17) is 0 Å². The summed E-state index contributed by atoms with van der Waals surface area (Å²) in [5.74, 6) is 0.392. The molecule has 7 nitrogen and oxygen atoms in total. The van der Waals surface area contributed by atoms with Crippen LogP contribution in [0.15, 0.2) is 12.1 Å². The first kappa shape index (κ1) is 12.3. The number of carbonyl (C=O) groups excluding carboxylic acids is 2. The van der Waals surface area contributed by atoms with Crippen LogP contribution >= 0.6 is 0 Å². The highest BCUT2D eigenvalue weighted by atomic mass is 16.2. The fraction of sp³-hybridized carbons (Fsp3) is 0.455. The van der Waals surface area contributed by atoms with Gasteiger partial charge in [0.1, 0.15) is 5.82 Å². The van der Waals surface area contributed by atoms with E-state index in [-0.39, 0.29) is 11.8 Å². The zero-order valence-electron chi connectivity index (χ0n) is 10.1. The predicted molar refractivity (Wildman–Crippen MR) is 65.1 cm³/mol. The molecule has 0 radical (unpaired) electrons. The van der Waals surface area contributed by atoms with E-state index >= 15 is 0 Å². The number of rotatable bonds is 2. The van der Waals surface area contributed by atoms with E-state index < -0.39 is 0 Å². The highest BCUT2D eigenvalue weighted by molar-refractivity contribution is 5.92. The first-order chi connectivity index (χ1) is 8.70. The summed E-state index contributed by atoms with van der Waals surface area (Å²) in [4.78, 5) is 24.9. The minimum absolute atomic E-state index is 0.0260. The lowest BCUT2D eigenvalue weighted by molar-refractivity contribution is -0.120. The van der Waals surface area contributed by atoms with Gasteiger partial charge in [-0.15, -0.1) is 10.2 Å². The van der Waals surface area contributed by atoms with Gasteiger partial charge in [0.05, 0.1) is 0 Å². The van der Waals surface area contributed by atoms with Crippen molar-refractivity contribution in [1.29, 1.82) is 0 Å². The second kappa shape index (κ2) is 5.44. The molecular formula is C11H15N5O2. The van der Waals surface area contributed by atoms with E-state index in [1.807, 2.05) is 0 Å². The summed E-state index contributed by atoms with van der Waals surface area (Å²) in [6.45, 7) is 1.40. The molecule has 1 aliphatic heterocycles. The normalized spacial score (nSPS) is 15.8. The minimum Gasteiger partial charge on any atom is -0.372 e. The number of amides is 2. The van der Waals surface area contributed by atoms with Crippen LogP contribution in [0.5, 0.6) is 0 Å². The SMILES string of the molecule is CNc1ccc(C(=O)N2CCNC(=O)CC2)nn1. The third-order valence-electron chi connectivity index (χ3n) is 2.74. The molecule has 1 fully saturated rings. The molecule has 2 amide bonds. The van der Waals surface area contributed by atoms with Crippen LogP contribution in [0.1, 0.15) is 16.9 Å². The van der Waals surface area contributed by atoms with Gasteiger partial charge in [-0.3, -0.25) is 9.59 Å². The Bertz CT molecular complexity index is 445. The van der Waals surface area contributed by atoms with Crippen molar-refractivity contribution in [2.75, 3.05) is 32.0 Å². The van der Waals surface area contributed by atoms with Crippen molar-refractivity contribution in [3.05, 3.63) is 17.8 Å². The van der Waals surface area contributed by atoms with Crippen LogP contribution < -0.4 is 10.6 Å². The molecule has 0 unspecified atom stereocenters. The van der Waals surface area contributed by atoms with Crippen molar-refractivity contribution in [3.8, 4) is 0 Å². The predicted octanol–water partition coefficient (Wildman–Crippen LogP) is -0.520. The number of carbonyl (C=O) groups is 2. The Morgan fingerprint density at radius 1 is 1.39 bits per heavy atom. The summed E-state index contributed by atoms with van der Waals surface area (Å²) in [7, 11) is 1.73. The quantitative estimate of drug-likeness (QED) is 0.736. The molecule has 96 valence electrons. The standard InChI is InChI=1S/C11H15N5O2/c1-12-9-3-2-8(14-15-9)11(18)16-6-4-10(17)13-5-7-16/h2-3H,4-7H2,1H3,(H,12,15)(H,13,17). The average molecular weight is 249 g/mol. The van der Waals surface area contributed by atoms with E-state index in [0.717, 1.165) is 0 Å². The maximum atomic E-state index is 12.1. The molecule has 0 bridgehead atoms. The summed E-state index contributed by atoms with van der Waals surface area (Å²) in [5.41, 5.74) is 0.295. The molecule has 1 aromatic rings. The molecule has 7 heteroatoms. The fourth-order valence-corrected chi connectivity index (χ4v) is 1.71. The van der Waals surface area contributed by atoms with Crippen molar-refractivity contribution in [3.63, 3.8) is 0 Å². The van der Waals surface area contributed by atoms with Gasteiger partial charge < -0.3 is 15.5 Å². The Kier molecular flexibility index (Phi) is 3.71. The maximum absolute atomic E-state index is 12.1. The Hall–Kier alpha value is -2.18. The van der Waals surface area contributed by atoms with Crippen molar-refractivity contribution in [1.82, 2.24) is 20.4 Å². The average Bonchev–Trinajstić information content (AvgIpc) is 2.63. The number of hydrogen-bond acceptors (Lipinski definition) is 5. The van der Waals surface area contributed by atoms with E-state index in [1.54, 1.807) is 24.1 Å². The molecule has 0 aromatic carbocycles. The monoisotopic (exact) mass is 249 g/mol. The maximum Gasteiger partial charge on any atom is 0.274 e. The third kappa shape index (κ3) is 2.73. The largest absolute Gasteiger partial charge is 0.372 e. The molecular weight excluding hydrogens is 234 g/mol. The van der Waals surface area contributed by atoms with Gasteiger partial charge in [-0.05, 0) is 12.1 Å². The zero-order valence-corrected chi connectivity index (χ0v) is 10.1. The lowest BCUT2D eigenvalue weighted by atomic mass is 10.3. The summed E-state index contributed by atoms with van der Waals surface area (Å²) in [5, 5.41) is 13.3. The number of aromatic nitrogens is 2. The van der Waals surface area contributed by atoms with E-state index in [0.29, 0.717) is 37.6 Å². The number of nitrogens with zero attached hydrogens (tertiary/aromatic N) is 3. The first-order valence-electron chi connectivity index (χ1n) is 5.78. The molecule has 2 rings (SSSR count). The Morgan fingerprint density at radius 2 is 2.22 bits per heavy atom. The van der Waals surface area contributed by atoms with Gasteiger partial charge in [-0.25, -0.2) is 0 Å². The summed E-state index contributed by atoms with van der Waals surface area (Å²) >= 11 is 0. The summed E-state index contributed by atoms with van der Waals surface area (Å²) in [6, 6.07) is 3.32. The second-order valence-electron chi connectivity index (χ2n) is 3.95. The summed E-state index contributed by atoms with van der Waals surface area (Å²) in [6.07, 6.45) is 0.327. The van der Waals surface area contributed by atoms with Crippen LogP contribution in [0.3, 0.4) is 0 Å². The van der Waals surface area contributed by atoms with Crippen LogP contribution in [-0.2, 0) is 4.79 Å². The van der Waals surface area contributed by atoms with Crippen molar-refractivity contribution < 1.29 is 9.59 Å². The lowest BCUT2D eigenvalue weighted by Gasteiger charge is -2.18. The Labute approximate surface area is 105 Å². The topological polar surface area (TPSA) is 87.2 Å². The first-order valence-corrected chi connectivity index (χ1v) is 5.78. The van der Waals surface area contributed by atoms with Crippen molar-refractivity contribution in [2.45, 2.75) is 6.42 Å². The number of hydrogen-bond donors (Lipinski definition) is 2.